The van der Waals surface area contributed by atoms with E-state index in [4.69, 9.17) is 0 Å². The minimum Gasteiger partial charge on any atom is -0.297 e. The third kappa shape index (κ3) is 5.62. The summed E-state index contributed by atoms with van der Waals surface area (Å²) in [5, 5.41) is 0. The van der Waals surface area contributed by atoms with E-state index in [2.05, 4.69) is 19.9 Å². The van der Waals surface area contributed by atoms with Crippen molar-refractivity contribution in [1.29, 1.82) is 0 Å². The first-order chi connectivity index (χ1) is 20.6. The summed E-state index contributed by atoms with van der Waals surface area (Å²) in [4.78, 5) is 35.5. The Morgan fingerprint density at radius 2 is 0.738 bits per heavy atom. The molecule has 0 spiro atoms. The second-order valence-electron chi connectivity index (χ2n) is 9.80. The van der Waals surface area contributed by atoms with E-state index in [1.165, 1.54) is 0 Å². The highest BCUT2D eigenvalue weighted by molar-refractivity contribution is 6.04. The molecule has 0 unspecified atom stereocenters. The molecular weight excluding hydrogens is 520 g/mol. The molecule has 6 rings (SSSR count). The number of hydrogen-bond donors (Lipinski definition) is 0. The van der Waals surface area contributed by atoms with Gasteiger partial charge in [-0.25, -0.2) is 4.79 Å². The molecule has 0 aliphatic rings. The van der Waals surface area contributed by atoms with Gasteiger partial charge in [-0.1, -0.05) is 24.3 Å². The van der Waals surface area contributed by atoms with Crippen molar-refractivity contribution in [3.05, 3.63) is 134 Å². The van der Waals surface area contributed by atoms with Crippen molar-refractivity contribution in [3.8, 4) is 45.0 Å². The zero-order valence-electron chi connectivity index (χ0n) is 23.3. The molecule has 4 heterocycles. The van der Waals surface area contributed by atoms with Gasteiger partial charge in [0.05, 0.1) is 22.8 Å². The zero-order valence-corrected chi connectivity index (χ0v) is 23.3. The number of carbonyl (C=O) groups excluding carboxylic acids is 1. The third-order valence-electron chi connectivity index (χ3n) is 7.03. The maximum absolute atomic E-state index is 14.0. The van der Waals surface area contributed by atoms with Crippen molar-refractivity contribution in [2.45, 2.75) is 0 Å². The minimum absolute atomic E-state index is 0.203. The number of rotatable bonds is 6. The Bertz CT molecular complexity index is 1560. The fourth-order valence-corrected chi connectivity index (χ4v) is 4.78. The number of aromatic nitrogens is 4. The summed E-state index contributed by atoms with van der Waals surface area (Å²) < 4.78 is 0. The summed E-state index contributed by atoms with van der Waals surface area (Å²) in [6.45, 7) is 0. The first-order valence-electron chi connectivity index (χ1n) is 13.5. The Kier molecular flexibility index (Phi) is 7.46. The van der Waals surface area contributed by atoms with Crippen LogP contribution in [-0.2, 0) is 0 Å². The second kappa shape index (κ2) is 11.8. The van der Waals surface area contributed by atoms with Gasteiger partial charge in [0.2, 0.25) is 0 Å². The zero-order chi connectivity index (χ0) is 28.9. The molecule has 6 aromatic rings. The van der Waals surface area contributed by atoms with Gasteiger partial charge in [-0.15, -0.1) is 0 Å². The molecule has 2 amide bonds. The number of pyridine rings is 4. The van der Waals surface area contributed by atoms with E-state index in [0.717, 1.165) is 56.4 Å². The number of urea groups is 1. The van der Waals surface area contributed by atoms with Crippen LogP contribution in [0.25, 0.3) is 45.0 Å². The number of benzene rings is 2. The molecule has 42 heavy (non-hydrogen) atoms. The smallest absolute Gasteiger partial charge is 0.297 e. The maximum atomic E-state index is 14.0. The summed E-state index contributed by atoms with van der Waals surface area (Å²) in [6, 6.07) is 35.0. The van der Waals surface area contributed by atoms with Crippen LogP contribution in [0.3, 0.4) is 0 Å². The average Bonchev–Trinajstić information content (AvgIpc) is 3.08. The van der Waals surface area contributed by atoms with Crippen molar-refractivity contribution in [2.75, 3.05) is 23.9 Å². The van der Waals surface area contributed by atoms with E-state index in [0.29, 0.717) is 0 Å². The van der Waals surface area contributed by atoms with Crippen LogP contribution in [0.15, 0.2) is 134 Å². The van der Waals surface area contributed by atoms with Crippen molar-refractivity contribution < 1.29 is 4.79 Å². The molecule has 0 aliphatic carbocycles. The van der Waals surface area contributed by atoms with Gasteiger partial charge in [-0.2, -0.15) is 0 Å². The number of amides is 2. The van der Waals surface area contributed by atoms with E-state index < -0.39 is 0 Å². The van der Waals surface area contributed by atoms with Gasteiger partial charge in [0.1, 0.15) is 0 Å². The van der Waals surface area contributed by atoms with Gasteiger partial charge in [0, 0.05) is 72.5 Å². The van der Waals surface area contributed by atoms with Gasteiger partial charge in [0.15, 0.2) is 0 Å². The summed E-state index contributed by atoms with van der Waals surface area (Å²) >= 11 is 0. The average molecular weight is 549 g/mol. The van der Waals surface area contributed by atoms with Crippen LogP contribution in [0, 0.1) is 0 Å². The van der Waals surface area contributed by atoms with Crippen LogP contribution in [0.5, 0.6) is 0 Å². The number of nitrogens with zero attached hydrogens (tertiary/aromatic N) is 6. The fraction of sp³-hybridized carbons (Fsp3) is 0.0571. The lowest BCUT2D eigenvalue weighted by molar-refractivity contribution is 0.253. The molecule has 4 aromatic heterocycles. The summed E-state index contributed by atoms with van der Waals surface area (Å²) in [7, 11) is 3.56. The third-order valence-corrected chi connectivity index (χ3v) is 7.03. The molecule has 7 nitrogen and oxygen atoms in total. The topological polar surface area (TPSA) is 75.1 Å². The van der Waals surface area contributed by atoms with Crippen LogP contribution in [0.1, 0.15) is 0 Å². The Balaban J connectivity index is 1.40. The van der Waals surface area contributed by atoms with E-state index in [1.54, 1.807) is 48.7 Å². The Labute approximate surface area is 244 Å². The predicted molar refractivity (Wildman–Crippen MR) is 168 cm³/mol. The molecule has 0 fully saturated rings. The quantitative estimate of drug-likeness (QED) is 0.214. The molecule has 2 aromatic carbocycles. The highest BCUT2D eigenvalue weighted by atomic mass is 16.2. The van der Waals surface area contributed by atoms with Crippen LogP contribution in [-0.4, -0.2) is 40.1 Å². The lowest BCUT2D eigenvalue weighted by Gasteiger charge is -2.26. The molecule has 204 valence electrons. The molecule has 0 bridgehead atoms. The standard InChI is InChI=1S/C35H28N6O/c1-40(29-21-25(31-11-3-7-15-36-31)19-26(22-29)32-12-4-8-16-37-32)35(42)41(2)30-23-27(33-13-5-9-17-38-33)20-28(24-30)34-14-6-10-18-39-34/h3-24H,1-2H3. The molecule has 0 saturated heterocycles. The molecule has 0 N–H and O–H groups in total. The van der Waals surface area contributed by atoms with Crippen LogP contribution in [0.4, 0.5) is 16.2 Å². The van der Waals surface area contributed by atoms with Gasteiger partial charge >= 0.3 is 6.03 Å². The van der Waals surface area contributed by atoms with E-state index in [9.17, 15) is 4.79 Å². The summed E-state index contributed by atoms with van der Waals surface area (Å²) in [5.74, 6) is 0. The van der Waals surface area contributed by atoms with Gasteiger partial charge < -0.3 is 0 Å². The van der Waals surface area contributed by atoms with Crippen LogP contribution in [0.2, 0.25) is 0 Å². The lowest BCUT2D eigenvalue weighted by atomic mass is 10.0. The van der Waals surface area contributed by atoms with E-state index in [-0.39, 0.29) is 6.03 Å². The van der Waals surface area contributed by atoms with Crippen molar-refractivity contribution in [3.63, 3.8) is 0 Å². The first kappa shape index (κ1) is 26.5. The molecule has 0 aliphatic heterocycles. The second-order valence-corrected chi connectivity index (χ2v) is 9.80. The number of anilines is 2. The van der Waals surface area contributed by atoms with Crippen LogP contribution < -0.4 is 9.80 Å². The first-order valence-corrected chi connectivity index (χ1v) is 13.5. The fourth-order valence-electron chi connectivity index (χ4n) is 4.78. The Morgan fingerprint density at radius 1 is 0.452 bits per heavy atom. The predicted octanol–water partition coefficient (Wildman–Crippen LogP) is 7.63. The van der Waals surface area contributed by atoms with Gasteiger partial charge in [-0.3, -0.25) is 29.7 Å². The maximum Gasteiger partial charge on any atom is 0.328 e. The van der Waals surface area contributed by atoms with Crippen molar-refractivity contribution in [1.82, 2.24) is 19.9 Å². The summed E-state index contributed by atoms with van der Waals surface area (Å²) in [5.41, 5.74) is 8.28. The molecule has 0 atom stereocenters. The molecular formula is C35H28N6O. The highest BCUT2D eigenvalue weighted by Crippen LogP contribution is 2.33. The van der Waals surface area contributed by atoms with Crippen molar-refractivity contribution >= 4 is 17.4 Å². The monoisotopic (exact) mass is 548 g/mol. The molecule has 0 radical (unpaired) electrons. The normalized spacial score (nSPS) is 10.7. The summed E-state index contributed by atoms with van der Waals surface area (Å²) in [6.07, 6.45) is 7.05. The molecule has 0 saturated carbocycles. The largest absolute Gasteiger partial charge is 0.328 e. The van der Waals surface area contributed by atoms with E-state index >= 15 is 0 Å². The highest BCUT2D eigenvalue weighted by Gasteiger charge is 2.21. The van der Waals surface area contributed by atoms with Crippen molar-refractivity contribution in [2.24, 2.45) is 0 Å². The lowest BCUT2D eigenvalue weighted by Crippen LogP contribution is -2.39. The number of carbonyl (C=O) groups is 1. The van der Waals surface area contributed by atoms with E-state index in [1.807, 2.05) is 109 Å². The van der Waals surface area contributed by atoms with Gasteiger partial charge in [-0.05, 0) is 84.9 Å². The minimum atomic E-state index is -0.203. The Hall–Kier alpha value is -5.69. The Morgan fingerprint density at radius 3 is 0.976 bits per heavy atom. The van der Waals surface area contributed by atoms with Crippen LogP contribution >= 0.6 is 0 Å². The number of hydrogen-bond acceptors (Lipinski definition) is 5. The molecule has 7 heteroatoms. The SMILES string of the molecule is CN(C(=O)N(C)c1cc(-c2ccccn2)cc(-c2ccccn2)c1)c1cc(-c2ccccn2)cc(-c2ccccn2)c1. The van der Waals surface area contributed by atoms with Gasteiger partial charge in [0.25, 0.3) is 0 Å².